The normalized spacial score (nSPS) is 17.3. The monoisotopic (exact) mass is 442 g/mol. The van der Waals surface area contributed by atoms with E-state index in [4.69, 9.17) is 15.1 Å². The van der Waals surface area contributed by atoms with Crippen LogP contribution in [0.1, 0.15) is 25.7 Å². The number of benzene rings is 2. The number of hydrogen-bond acceptors (Lipinski definition) is 7. The Morgan fingerprint density at radius 3 is 2.42 bits per heavy atom. The third-order valence-corrected chi connectivity index (χ3v) is 6.89. The molecule has 0 bridgehead atoms. The second-order valence-corrected chi connectivity index (χ2v) is 8.96. The lowest BCUT2D eigenvalue weighted by molar-refractivity contribution is -0.135. The minimum absolute atomic E-state index is 0.168. The molecular weight excluding hydrogens is 416 g/mol. The third-order valence-electron chi connectivity index (χ3n) is 6.89. The van der Waals surface area contributed by atoms with E-state index < -0.39 is 0 Å². The summed E-state index contributed by atoms with van der Waals surface area (Å²) in [6.07, 6.45) is 6.31. The number of carbonyl (C=O) groups is 1. The maximum absolute atomic E-state index is 12.7. The van der Waals surface area contributed by atoms with E-state index in [0.29, 0.717) is 11.5 Å². The lowest BCUT2D eigenvalue weighted by Gasteiger charge is -2.36. The molecule has 8 heteroatoms. The van der Waals surface area contributed by atoms with Crippen LogP contribution in [0, 0.1) is 5.92 Å². The predicted octanol–water partition coefficient (Wildman–Crippen LogP) is 3.86. The predicted molar refractivity (Wildman–Crippen MR) is 128 cm³/mol. The van der Waals surface area contributed by atoms with Crippen LogP contribution in [-0.4, -0.2) is 51.9 Å². The molecule has 1 saturated heterocycles. The number of nitrogens with two attached hydrogens (primary N) is 1. The summed E-state index contributed by atoms with van der Waals surface area (Å²) in [5.41, 5.74) is 10.8. The largest absolute Gasteiger partial charge is 0.424 e. The number of carbonyl (C=O) groups excluding carboxylic acids is 1. The van der Waals surface area contributed by atoms with Gasteiger partial charge in [-0.15, -0.1) is 0 Å². The quantitative estimate of drug-likeness (QED) is 0.514. The molecule has 1 amide bonds. The van der Waals surface area contributed by atoms with Crippen LogP contribution in [-0.2, 0) is 4.79 Å². The van der Waals surface area contributed by atoms with Crippen molar-refractivity contribution in [3.05, 3.63) is 42.6 Å². The summed E-state index contributed by atoms with van der Waals surface area (Å²) in [6, 6.07) is 12.1. The number of amides is 1. The van der Waals surface area contributed by atoms with E-state index in [1.54, 1.807) is 0 Å². The molecule has 4 aromatic rings. The fourth-order valence-corrected chi connectivity index (χ4v) is 5.05. The van der Waals surface area contributed by atoms with Crippen LogP contribution in [0.2, 0.25) is 0 Å². The van der Waals surface area contributed by atoms with E-state index in [0.717, 1.165) is 72.5 Å². The van der Waals surface area contributed by atoms with Crippen LogP contribution in [0.25, 0.3) is 33.3 Å². The van der Waals surface area contributed by atoms with Crippen molar-refractivity contribution in [2.75, 3.05) is 36.8 Å². The van der Waals surface area contributed by atoms with Crippen molar-refractivity contribution >= 4 is 39.9 Å². The molecular formula is C25H26N6O2. The van der Waals surface area contributed by atoms with Crippen LogP contribution in [0.3, 0.4) is 0 Å². The standard InChI is InChI=1S/C25H26N6O2/c26-25-29-21-14-18(6-8-22(21)33-25)17-5-7-19-20(13-17)28-23(15-27-19)30-9-11-31(12-10-30)24(32)16-3-1-2-4-16/h5-8,13-16H,1-4,9-12H2,(H2,26,29). The van der Waals surface area contributed by atoms with Crippen molar-refractivity contribution in [2.45, 2.75) is 25.7 Å². The van der Waals surface area contributed by atoms with Crippen molar-refractivity contribution in [1.82, 2.24) is 19.9 Å². The van der Waals surface area contributed by atoms with Gasteiger partial charge in [-0.25, -0.2) is 4.98 Å². The Kier molecular flexibility index (Phi) is 4.86. The molecule has 2 N–H and O–H groups in total. The molecule has 8 nitrogen and oxygen atoms in total. The summed E-state index contributed by atoms with van der Waals surface area (Å²) in [7, 11) is 0. The molecule has 1 saturated carbocycles. The number of hydrogen-bond donors (Lipinski definition) is 1. The van der Waals surface area contributed by atoms with E-state index in [1.807, 2.05) is 41.4 Å². The number of nitrogens with zero attached hydrogens (tertiary/aromatic N) is 5. The summed E-state index contributed by atoms with van der Waals surface area (Å²) in [4.78, 5) is 30.8. The Balaban J connectivity index is 1.22. The van der Waals surface area contributed by atoms with Crippen molar-refractivity contribution < 1.29 is 9.21 Å². The lowest BCUT2D eigenvalue weighted by Crippen LogP contribution is -2.50. The summed E-state index contributed by atoms with van der Waals surface area (Å²) >= 11 is 0. The average Bonchev–Trinajstić information content (AvgIpc) is 3.51. The van der Waals surface area contributed by atoms with Gasteiger partial charge in [-0.2, -0.15) is 4.98 Å². The SMILES string of the molecule is Nc1nc2cc(-c3ccc4ncc(N5CCN(C(=O)C6CCCC6)CC5)nc4c3)ccc2o1. The molecule has 168 valence electrons. The molecule has 0 unspecified atom stereocenters. The number of aromatic nitrogens is 3. The highest BCUT2D eigenvalue weighted by Gasteiger charge is 2.29. The van der Waals surface area contributed by atoms with E-state index in [-0.39, 0.29) is 11.9 Å². The molecule has 6 rings (SSSR count). The molecule has 0 atom stereocenters. The van der Waals surface area contributed by atoms with Crippen LogP contribution in [0.5, 0.6) is 0 Å². The highest BCUT2D eigenvalue weighted by atomic mass is 16.4. The Bertz CT molecular complexity index is 1340. The van der Waals surface area contributed by atoms with Gasteiger partial charge >= 0.3 is 0 Å². The van der Waals surface area contributed by atoms with Gasteiger partial charge in [0.2, 0.25) is 5.91 Å². The van der Waals surface area contributed by atoms with Crippen molar-refractivity contribution in [2.24, 2.45) is 5.92 Å². The second-order valence-electron chi connectivity index (χ2n) is 8.96. The molecule has 33 heavy (non-hydrogen) atoms. The molecule has 0 radical (unpaired) electrons. The van der Waals surface area contributed by atoms with Gasteiger partial charge in [0.15, 0.2) is 5.58 Å². The molecule has 2 aromatic heterocycles. The van der Waals surface area contributed by atoms with Gasteiger partial charge in [0, 0.05) is 32.1 Å². The molecule has 2 aromatic carbocycles. The first-order valence-electron chi connectivity index (χ1n) is 11.6. The van der Waals surface area contributed by atoms with Crippen molar-refractivity contribution in [1.29, 1.82) is 0 Å². The fraction of sp³-hybridized carbons (Fsp3) is 0.360. The lowest BCUT2D eigenvalue weighted by atomic mass is 10.0. The van der Waals surface area contributed by atoms with Gasteiger partial charge in [0.05, 0.1) is 17.2 Å². The summed E-state index contributed by atoms with van der Waals surface area (Å²) in [5, 5.41) is 0. The van der Waals surface area contributed by atoms with E-state index in [1.165, 1.54) is 12.8 Å². The van der Waals surface area contributed by atoms with E-state index in [9.17, 15) is 4.79 Å². The Morgan fingerprint density at radius 1 is 0.909 bits per heavy atom. The summed E-state index contributed by atoms with van der Waals surface area (Å²) in [5.74, 6) is 1.43. The summed E-state index contributed by atoms with van der Waals surface area (Å²) < 4.78 is 5.38. The zero-order valence-corrected chi connectivity index (χ0v) is 18.4. The molecule has 2 aliphatic rings. The first-order chi connectivity index (χ1) is 16.1. The van der Waals surface area contributed by atoms with Gasteiger partial charge in [-0.3, -0.25) is 9.78 Å². The van der Waals surface area contributed by atoms with Gasteiger partial charge < -0.3 is 20.0 Å². The smallest absolute Gasteiger partial charge is 0.292 e. The Labute approximate surface area is 191 Å². The van der Waals surface area contributed by atoms with Crippen LogP contribution in [0.4, 0.5) is 11.8 Å². The second kappa shape index (κ2) is 8.03. The number of nitrogen functional groups attached to an aromatic ring is 1. The molecule has 1 aliphatic heterocycles. The zero-order valence-electron chi connectivity index (χ0n) is 18.4. The topological polar surface area (TPSA) is 101 Å². The van der Waals surface area contributed by atoms with Crippen molar-refractivity contribution in [3.8, 4) is 11.1 Å². The van der Waals surface area contributed by atoms with Crippen LogP contribution < -0.4 is 10.6 Å². The van der Waals surface area contributed by atoms with Gasteiger partial charge in [-0.1, -0.05) is 25.0 Å². The van der Waals surface area contributed by atoms with Gasteiger partial charge in [0.1, 0.15) is 11.3 Å². The highest BCUT2D eigenvalue weighted by Crippen LogP contribution is 2.29. The first-order valence-corrected chi connectivity index (χ1v) is 11.6. The highest BCUT2D eigenvalue weighted by molar-refractivity contribution is 5.86. The number of fused-ring (bicyclic) bond motifs is 2. The minimum Gasteiger partial charge on any atom is -0.424 e. The minimum atomic E-state index is 0.168. The van der Waals surface area contributed by atoms with Gasteiger partial charge in [-0.05, 0) is 48.2 Å². The van der Waals surface area contributed by atoms with E-state index >= 15 is 0 Å². The molecule has 0 spiro atoms. The Hall–Kier alpha value is -3.68. The van der Waals surface area contributed by atoms with E-state index in [2.05, 4.69) is 20.9 Å². The van der Waals surface area contributed by atoms with Crippen LogP contribution in [0.15, 0.2) is 47.0 Å². The summed E-state index contributed by atoms with van der Waals surface area (Å²) in [6.45, 7) is 3.05. The maximum Gasteiger partial charge on any atom is 0.292 e. The first kappa shape index (κ1) is 20.0. The number of oxazole rings is 1. The fourth-order valence-electron chi connectivity index (χ4n) is 5.05. The molecule has 2 fully saturated rings. The maximum atomic E-state index is 12.7. The van der Waals surface area contributed by atoms with Crippen molar-refractivity contribution in [3.63, 3.8) is 0 Å². The number of piperazine rings is 1. The zero-order chi connectivity index (χ0) is 22.4. The van der Waals surface area contributed by atoms with Crippen LogP contribution >= 0.6 is 0 Å². The number of rotatable bonds is 3. The Morgan fingerprint density at radius 2 is 1.64 bits per heavy atom. The number of anilines is 2. The third kappa shape index (κ3) is 3.75. The average molecular weight is 443 g/mol. The molecule has 3 heterocycles. The van der Waals surface area contributed by atoms with Gasteiger partial charge in [0.25, 0.3) is 6.01 Å². The molecule has 1 aliphatic carbocycles.